The molecule has 0 bridgehead atoms. The first-order chi connectivity index (χ1) is 21.6. The van der Waals surface area contributed by atoms with Crippen LogP contribution in [0.25, 0.3) is 33.7 Å². The number of aliphatic hydroxyl groups is 1. The van der Waals surface area contributed by atoms with E-state index in [2.05, 4.69) is 20.6 Å². The topological polar surface area (TPSA) is 180 Å². The normalized spacial score (nSPS) is 16.7. The Kier molecular flexibility index (Phi) is 6.56. The number of cyclic esters (lactones) is 1. The first-order valence-corrected chi connectivity index (χ1v) is 14.3. The molecule has 0 saturated heterocycles. The van der Waals surface area contributed by atoms with Crippen LogP contribution < -0.4 is 16.6 Å². The maximum absolute atomic E-state index is 14.8. The zero-order valence-electron chi connectivity index (χ0n) is 24.3. The number of aryl methyl sites for hydroxylation is 1. The van der Waals surface area contributed by atoms with Gasteiger partial charge in [0, 0.05) is 22.6 Å². The number of ether oxygens (including phenoxy) is 1. The molecule has 1 amide bonds. The summed E-state index contributed by atoms with van der Waals surface area (Å²) in [4.78, 5) is 47.2. The van der Waals surface area contributed by atoms with Gasteiger partial charge in [-0.1, -0.05) is 18.2 Å². The maximum Gasteiger partial charge on any atom is 0.343 e. The van der Waals surface area contributed by atoms with Gasteiger partial charge in [-0.3, -0.25) is 9.59 Å². The summed E-state index contributed by atoms with van der Waals surface area (Å²) in [6.07, 6.45) is 1.71. The number of rotatable bonds is 6. The highest BCUT2D eigenvalue weighted by atomic mass is 19.1. The smallest absolute Gasteiger partial charge is 0.343 e. The van der Waals surface area contributed by atoms with Crippen molar-refractivity contribution in [3.05, 3.63) is 86.6 Å². The monoisotopic (exact) mass is 610 g/mol. The Morgan fingerprint density at radius 2 is 2.00 bits per heavy atom. The number of carbonyl (C=O) groups is 2. The minimum Gasteiger partial charge on any atom is -0.458 e. The number of amides is 1. The van der Waals surface area contributed by atoms with Crippen molar-refractivity contribution in [2.45, 2.75) is 45.6 Å². The minimum absolute atomic E-state index is 0.0151. The number of hydrogen-bond donors (Lipinski definition) is 3. The number of nitrogens with one attached hydrogen (secondary N) is 1. The fourth-order valence-electron chi connectivity index (χ4n) is 5.97. The second-order valence-electron chi connectivity index (χ2n) is 11.1. The number of aromatic nitrogens is 6. The van der Waals surface area contributed by atoms with Crippen LogP contribution in [0, 0.1) is 12.7 Å². The second kappa shape index (κ2) is 10.4. The average molecular weight is 611 g/mol. The Hall–Kier alpha value is -5.34. The molecular formula is C31H27FN8O5. The molecule has 0 unspecified atom stereocenters. The lowest BCUT2D eigenvalue weighted by Gasteiger charge is -2.31. The molecule has 1 aromatic carbocycles. The number of fused-ring (bicyclic) bond motifs is 5. The van der Waals surface area contributed by atoms with Crippen LogP contribution in [0.4, 0.5) is 10.2 Å². The number of nitrogens with zero attached hydrogens (tertiary/aromatic N) is 6. The molecule has 0 saturated carbocycles. The van der Waals surface area contributed by atoms with E-state index in [0.717, 1.165) is 11.1 Å². The zero-order chi connectivity index (χ0) is 31.6. The van der Waals surface area contributed by atoms with Gasteiger partial charge in [0.2, 0.25) is 5.91 Å². The van der Waals surface area contributed by atoms with Crippen molar-refractivity contribution < 1.29 is 23.8 Å². The fraction of sp³-hybridized carbons (Fsp3) is 0.258. The number of nitrogens with two attached hydrogens (primary N) is 1. The minimum atomic E-state index is -1.97. The van der Waals surface area contributed by atoms with E-state index in [1.807, 2.05) is 0 Å². The molecule has 13 nitrogen and oxygen atoms in total. The number of halogens is 1. The van der Waals surface area contributed by atoms with Gasteiger partial charge in [-0.25, -0.2) is 23.8 Å². The quantitative estimate of drug-likeness (QED) is 0.237. The number of esters is 1. The number of hydrogen-bond acceptors (Lipinski definition) is 10. The second-order valence-corrected chi connectivity index (χ2v) is 11.1. The molecule has 6 heterocycles. The van der Waals surface area contributed by atoms with Crippen molar-refractivity contribution >= 4 is 28.6 Å². The molecular weight excluding hydrogens is 583 g/mol. The van der Waals surface area contributed by atoms with Crippen LogP contribution >= 0.6 is 0 Å². The lowest BCUT2D eigenvalue weighted by Crippen LogP contribution is -2.44. The molecule has 228 valence electrons. The SMILES string of the molecule is CC[C@@]1(O)C(=O)OCc2c1cc1n(c2=O)Cc2c-1nc1cc(F)c(C)cc1c2Cn1cc(-c2cccc(NC(=O)CN)n2)nn1. The molecule has 14 heteroatoms. The zero-order valence-corrected chi connectivity index (χ0v) is 24.3. The van der Waals surface area contributed by atoms with E-state index in [9.17, 15) is 23.9 Å². The molecule has 45 heavy (non-hydrogen) atoms. The Balaban J connectivity index is 1.35. The standard InChI is InChI=1S/C31H27FN8O5/c1-3-31(44)20-8-25-28-18(12-40(25)29(42)19(20)14-45-30(31)43)17(16-7-15(2)21(32)9-23(16)35-28)11-39-13-24(37-38-39)22-5-4-6-26(34-22)36-27(41)10-33/h4-9,13,44H,3,10-12,14,33H2,1-2H3,(H,34,36,41)/t31-/m0/s1. The van der Waals surface area contributed by atoms with Crippen LogP contribution in [0.1, 0.15) is 41.2 Å². The predicted molar refractivity (Wildman–Crippen MR) is 159 cm³/mol. The number of pyridine rings is 3. The van der Waals surface area contributed by atoms with Gasteiger partial charge < -0.3 is 25.5 Å². The average Bonchev–Trinajstić information content (AvgIpc) is 3.65. The van der Waals surface area contributed by atoms with Crippen molar-refractivity contribution in [3.8, 4) is 22.8 Å². The molecule has 2 aliphatic heterocycles. The third-order valence-electron chi connectivity index (χ3n) is 8.41. The highest BCUT2D eigenvalue weighted by Gasteiger charge is 2.45. The molecule has 5 aromatic rings. The largest absolute Gasteiger partial charge is 0.458 e. The third-order valence-corrected chi connectivity index (χ3v) is 8.41. The van der Waals surface area contributed by atoms with Crippen LogP contribution in [-0.2, 0) is 39.6 Å². The first-order valence-electron chi connectivity index (χ1n) is 14.3. The molecule has 4 aromatic heterocycles. The van der Waals surface area contributed by atoms with E-state index in [4.69, 9.17) is 15.5 Å². The van der Waals surface area contributed by atoms with Gasteiger partial charge in [-0.15, -0.1) is 5.10 Å². The molecule has 7 rings (SSSR count). The summed E-state index contributed by atoms with van der Waals surface area (Å²) in [5.74, 6) is -1.30. The molecule has 0 aliphatic carbocycles. The van der Waals surface area contributed by atoms with Crippen LogP contribution in [0.15, 0.2) is 47.4 Å². The predicted octanol–water partition coefficient (Wildman–Crippen LogP) is 2.13. The van der Waals surface area contributed by atoms with Crippen LogP contribution in [-0.4, -0.2) is 53.1 Å². The van der Waals surface area contributed by atoms with Crippen molar-refractivity contribution in [2.24, 2.45) is 5.73 Å². The summed E-state index contributed by atoms with van der Waals surface area (Å²) in [5.41, 5.74) is 7.51. The molecule has 2 aliphatic rings. The number of anilines is 1. The van der Waals surface area contributed by atoms with E-state index < -0.39 is 22.9 Å². The summed E-state index contributed by atoms with van der Waals surface area (Å²) < 4.78 is 23.1. The van der Waals surface area contributed by atoms with E-state index in [-0.39, 0.29) is 49.7 Å². The third kappa shape index (κ3) is 4.48. The van der Waals surface area contributed by atoms with Crippen molar-refractivity contribution in [2.75, 3.05) is 11.9 Å². The summed E-state index contributed by atoms with van der Waals surface area (Å²) in [7, 11) is 0. The van der Waals surface area contributed by atoms with Gasteiger partial charge in [0.05, 0.1) is 54.0 Å². The van der Waals surface area contributed by atoms with Crippen LogP contribution in [0.3, 0.4) is 0 Å². The van der Waals surface area contributed by atoms with Gasteiger partial charge in [0.25, 0.3) is 5.56 Å². The number of benzene rings is 1. The van der Waals surface area contributed by atoms with Crippen molar-refractivity contribution in [1.82, 2.24) is 29.5 Å². The molecule has 4 N–H and O–H groups in total. The summed E-state index contributed by atoms with van der Waals surface area (Å²) in [6, 6.07) is 9.78. The highest BCUT2D eigenvalue weighted by Crippen LogP contribution is 2.40. The number of carbonyl (C=O) groups excluding carboxylic acids is 2. The van der Waals surface area contributed by atoms with Gasteiger partial charge in [-0.05, 0) is 48.7 Å². The fourth-order valence-corrected chi connectivity index (χ4v) is 5.97. The summed E-state index contributed by atoms with van der Waals surface area (Å²) in [6.45, 7) is 3.24. The van der Waals surface area contributed by atoms with E-state index in [0.29, 0.717) is 45.1 Å². The van der Waals surface area contributed by atoms with Gasteiger partial charge in [0.1, 0.15) is 23.9 Å². The van der Waals surface area contributed by atoms with E-state index in [1.165, 1.54) is 10.6 Å². The Labute approximate surface area is 254 Å². The van der Waals surface area contributed by atoms with E-state index in [1.54, 1.807) is 55.1 Å². The van der Waals surface area contributed by atoms with Crippen LogP contribution in [0.5, 0.6) is 0 Å². The molecule has 1 atom stereocenters. The summed E-state index contributed by atoms with van der Waals surface area (Å²) >= 11 is 0. The van der Waals surface area contributed by atoms with Crippen molar-refractivity contribution in [1.29, 1.82) is 0 Å². The van der Waals surface area contributed by atoms with Gasteiger partial charge >= 0.3 is 5.97 Å². The van der Waals surface area contributed by atoms with Gasteiger partial charge in [-0.2, -0.15) is 0 Å². The van der Waals surface area contributed by atoms with Crippen LogP contribution in [0.2, 0.25) is 0 Å². The lowest BCUT2D eigenvalue weighted by molar-refractivity contribution is -0.172. The van der Waals surface area contributed by atoms with Gasteiger partial charge in [0.15, 0.2) is 5.60 Å². The Bertz CT molecular complexity index is 2140. The highest BCUT2D eigenvalue weighted by molar-refractivity contribution is 5.91. The first kappa shape index (κ1) is 28.4. The molecule has 0 spiro atoms. The Morgan fingerprint density at radius 1 is 1.18 bits per heavy atom. The Morgan fingerprint density at radius 3 is 2.78 bits per heavy atom. The lowest BCUT2D eigenvalue weighted by atomic mass is 9.86. The van der Waals surface area contributed by atoms with E-state index >= 15 is 0 Å². The molecule has 0 fully saturated rings. The summed E-state index contributed by atoms with van der Waals surface area (Å²) in [5, 5.41) is 23.1. The maximum atomic E-state index is 14.8. The van der Waals surface area contributed by atoms with Crippen molar-refractivity contribution in [3.63, 3.8) is 0 Å². The molecule has 0 radical (unpaired) electrons.